The van der Waals surface area contributed by atoms with Gasteiger partial charge in [0, 0.05) is 12.1 Å². The number of halogens is 1. The summed E-state index contributed by atoms with van der Waals surface area (Å²) in [6.07, 6.45) is 0.0803. The molecule has 0 fully saturated rings. The highest BCUT2D eigenvalue weighted by Crippen LogP contribution is 2.52. The average Bonchev–Trinajstić information content (AvgIpc) is 2.25. The van der Waals surface area contributed by atoms with E-state index in [0.29, 0.717) is 0 Å². The van der Waals surface area contributed by atoms with E-state index >= 15 is 0 Å². The molecular weight excluding hydrogens is 267 g/mol. The van der Waals surface area contributed by atoms with Crippen molar-refractivity contribution in [3.8, 4) is 6.07 Å². The van der Waals surface area contributed by atoms with Gasteiger partial charge in [-0.15, -0.1) is 0 Å². The number of nitriles is 1. The third-order valence-electron chi connectivity index (χ3n) is 1.76. The topological polar surface area (TPSA) is 71.8 Å². The van der Waals surface area contributed by atoms with E-state index in [2.05, 4.69) is 4.08 Å². The Morgan fingerprint density at radius 3 is 2.24 bits per heavy atom. The standard InChI is InChI=1S/C9H18ClN2O4P/c1-8(2)12(9(3)4)16-17(13,15-10)14-7-5-6-11/h8-9H,5,7H2,1-4H3. The van der Waals surface area contributed by atoms with Crippen LogP contribution in [0.25, 0.3) is 0 Å². The fourth-order valence-electron chi connectivity index (χ4n) is 1.16. The molecule has 1 unspecified atom stereocenters. The fraction of sp³-hybridized carbons (Fsp3) is 0.889. The zero-order chi connectivity index (χ0) is 13.5. The van der Waals surface area contributed by atoms with Crippen LogP contribution in [0.4, 0.5) is 0 Å². The third kappa shape index (κ3) is 6.37. The SMILES string of the molecule is CC(C)N(OP(=O)(OCl)OCCC#N)C(C)C. The van der Waals surface area contributed by atoms with E-state index in [1.165, 1.54) is 5.06 Å². The maximum Gasteiger partial charge on any atom is 0.508 e. The minimum atomic E-state index is -3.85. The van der Waals surface area contributed by atoms with E-state index in [1.54, 1.807) is 0 Å². The first-order valence-electron chi connectivity index (χ1n) is 5.26. The fourth-order valence-corrected chi connectivity index (χ4v) is 2.39. The van der Waals surface area contributed by atoms with Gasteiger partial charge in [-0.05, 0) is 27.7 Å². The van der Waals surface area contributed by atoms with Crippen LogP contribution in [0.3, 0.4) is 0 Å². The van der Waals surface area contributed by atoms with Crippen LogP contribution in [0.2, 0.25) is 0 Å². The van der Waals surface area contributed by atoms with Crippen molar-refractivity contribution < 1.29 is 17.8 Å². The summed E-state index contributed by atoms with van der Waals surface area (Å²) in [5.74, 6) is 0. The Morgan fingerprint density at radius 2 is 1.88 bits per heavy atom. The zero-order valence-electron chi connectivity index (χ0n) is 10.4. The molecule has 0 heterocycles. The predicted octanol–water partition coefficient (Wildman–Crippen LogP) is 3.25. The molecule has 0 amide bonds. The van der Waals surface area contributed by atoms with Crippen molar-refractivity contribution in [3.63, 3.8) is 0 Å². The molecular formula is C9H18ClN2O4P. The van der Waals surface area contributed by atoms with Gasteiger partial charge in [0.05, 0.1) is 31.0 Å². The second-order valence-corrected chi connectivity index (χ2v) is 5.75. The van der Waals surface area contributed by atoms with Crippen molar-refractivity contribution in [2.24, 2.45) is 0 Å². The molecule has 0 radical (unpaired) electrons. The summed E-state index contributed by atoms with van der Waals surface area (Å²) in [5, 5.41) is 9.82. The molecule has 0 spiro atoms. The van der Waals surface area contributed by atoms with Crippen molar-refractivity contribution in [2.75, 3.05) is 6.61 Å². The predicted molar refractivity (Wildman–Crippen MR) is 63.9 cm³/mol. The van der Waals surface area contributed by atoms with Crippen LogP contribution < -0.4 is 0 Å². The van der Waals surface area contributed by atoms with E-state index in [4.69, 9.17) is 26.3 Å². The Morgan fingerprint density at radius 1 is 1.35 bits per heavy atom. The number of rotatable bonds is 8. The summed E-state index contributed by atoms with van der Waals surface area (Å²) in [4.78, 5) is 0. The molecule has 0 aliphatic heterocycles. The lowest BCUT2D eigenvalue weighted by atomic mass is 10.3. The Kier molecular flexibility index (Phi) is 7.97. The molecule has 0 aromatic rings. The number of nitrogens with zero attached hydrogens (tertiary/aromatic N) is 2. The molecule has 1 atom stereocenters. The van der Waals surface area contributed by atoms with Gasteiger partial charge in [0.2, 0.25) is 0 Å². The summed E-state index contributed by atoms with van der Waals surface area (Å²) in [6, 6.07) is 1.81. The van der Waals surface area contributed by atoms with Crippen LogP contribution >= 0.6 is 19.7 Å². The largest absolute Gasteiger partial charge is 0.508 e. The van der Waals surface area contributed by atoms with Crippen LogP contribution in [-0.4, -0.2) is 23.8 Å². The van der Waals surface area contributed by atoms with Gasteiger partial charge in [0.15, 0.2) is 0 Å². The number of hydroxylamine groups is 2. The van der Waals surface area contributed by atoms with Gasteiger partial charge < -0.3 is 0 Å². The first-order chi connectivity index (χ1) is 7.86. The van der Waals surface area contributed by atoms with E-state index in [1.807, 2.05) is 33.8 Å². The average molecular weight is 285 g/mol. The molecule has 0 aromatic heterocycles. The van der Waals surface area contributed by atoms with E-state index in [-0.39, 0.29) is 25.1 Å². The molecule has 0 saturated heterocycles. The lowest BCUT2D eigenvalue weighted by Crippen LogP contribution is -2.36. The number of hydrogen-bond acceptors (Lipinski definition) is 6. The zero-order valence-corrected chi connectivity index (χ0v) is 12.1. The van der Waals surface area contributed by atoms with E-state index in [9.17, 15) is 4.57 Å². The van der Waals surface area contributed by atoms with Crippen LogP contribution in [0.1, 0.15) is 34.1 Å². The summed E-state index contributed by atoms with van der Waals surface area (Å²) < 4.78 is 26.2. The molecule has 6 nitrogen and oxygen atoms in total. The van der Waals surface area contributed by atoms with Crippen molar-refractivity contribution >= 4 is 19.7 Å². The van der Waals surface area contributed by atoms with Crippen LogP contribution in [0.5, 0.6) is 0 Å². The highest BCUT2D eigenvalue weighted by molar-refractivity contribution is 7.49. The first kappa shape index (κ1) is 16.9. The van der Waals surface area contributed by atoms with Crippen LogP contribution in [0.15, 0.2) is 0 Å². The van der Waals surface area contributed by atoms with E-state index in [0.717, 1.165) is 0 Å². The maximum absolute atomic E-state index is 11.9. The van der Waals surface area contributed by atoms with Crippen LogP contribution in [0, 0.1) is 11.3 Å². The normalized spacial score (nSPS) is 15.2. The van der Waals surface area contributed by atoms with Gasteiger partial charge in [0.25, 0.3) is 0 Å². The second-order valence-electron chi connectivity index (χ2n) is 3.89. The monoisotopic (exact) mass is 284 g/mol. The summed E-state index contributed by atoms with van der Waals surface area (Å²) >= 11 is 5.12. The minimum absolute atomic E-state index is 0.0188. The minimum Gasteiger partial charge on any atom is -0.284 e. The second kappa shape index (κ2) is 8.04. The Labute approximate surface area is 107 Å². The summed E-state index contributed by atoms with van der Waals surface area (Å²) in [7, 11) is -3.85. The molecule has 0 aliphatic carbocycles. The lowest BCUT2D eigenvalue weighted by molar-refractivity contribution is -0.130. The van der Waals surface area contributed by atoms with Crippen LogP contribution in [-0.2, 0) is 17.8 Å². The molecule has 0 N–H and O–H groups in total. The summed E-state index contributed by atoms with van der Waals surface area (Å²) in [5.41, 5.74) is 0. The molecule has 0 aliphatic rings. The Bertz CT molecular complexity index is 298. The molecule has 8 heteroatoms. The van der Waals surface area contributed by atoms with Crippen molar-refractivity contribution in [1.29, 1.82) is 5.26 Å². The van der Waals surface area contributed by atoms with Gasteiger partial charge in [-0.1, -0.05) is 0 Å². The molecule has 100 valence electrons. The molecule has 0 saturated carbocycles. The maximum atomic E-state index is 11.9. The van der Waals surface area contributed by atoms with Crippen molar-refractivity contribution in [1.82, 2.24) is 5.06 Å². The van der Waals surface area contributed by atoms with E-state index < -0.39 is 7.82 Å². The lowest BCUT2D eigenvalue weighted by Gasteiger charge is -2.30. The highest BCUT2D eigenvalue weighted by Gasteiger charge is 2.32. The van der Waals surface area contributed by atoms with Gasteiger partial charge in [-0.2, -0.15) is 19.0 Å². The molecule has 0 bridgehead atoms. The molecule has 0 rings (SSSR count). The quantitative estimate of drug-likeness (QED) is 0.387. The smallest absolute Gasteiger partial charge is 0.284 e. The van der Waals surface area contributed by atoms with Gasteiger partial charge in [0.1, 0.15) is 0 Å². The van der Waals surface area contributed by atoms with Gasteiger partial charge in [-0.3, -0.25) is 4.52 Å². The summed E-state index contributed by atoms with van der Waals surface area (Å²) in [6.45, 7) is 7.41. The number of hydrogen-bond donors (Lipinski definition) is 0. The van der Waals surface area contributed by atoms with Gasteiger partial charge in [-0.25, -0.2) is 4.57 Å². The Hall–Kier alpha value is -0.150. The Balaban J connectivity index is 4.54. The van der Waals surface area contributed by atoms with Crippen molar-refractivity contribution in [2.45, 2.75) is 46.2 Å². The van der Waals surface area contributed by atoms with Crippen molar-refractivity contribution in [3.05, 3.63) is 0 Å². The third-order valence-corrected chi connectivity index (χ3v) is 3.32. The molecule has 17 heavy (non-hydrogen) atoms. The molecule has 0 aromatic carbocycles. The van der Waals surface area contributed by atoms with Gasteiger partial charge >= 0.3 is 7.82 Å². The highest BCUT2D eigenvalue weighted by atomic mass is 35.5. The first-order valence-corrected chi connectivity index (χ1v) is 7.03. The number of phosphoric acid groups is 1.